The highest BCUT2D eigenvalue weighted by atomic mass is 79.9. The van der Waals surface area contributed by atoms with Crippen molar-refractivity contribution in [1.82, 2.24) is 0 Å². The van der Waals surface area contributed by atoms with E-state index < -0.39 is 5.82 Å². The molecular weight excluding hydrogens is 345 g/mol. The molecule has 5 heteroatoms. The number of phenolic OH excluding ortho intramolecular Hbond substituents is 1. The molecule has 0 saturated carbocycles. The molecule has 1 atom stereocenters. The maximum atomic E-state index is 13.5. The second-order valence-corrected chi connectivity index (χ2v) is 5.76. The number of halogens is 3. The van der Waals surface area contributed by atoms with Gasteiger partial charge in [-0.2, -0.15) is 0 Å². The average Bonchev–Trinajstić information content (AvgIpc) is 2.43. The van der Waals surface area contributed by atoms with Crippen molar-refractivity contribution in [2.24, 2.45) is 0 Å². The van der Waals surface area contributed by atoms with Crippen LogP contribution in [-0.2, 0) is 0 Å². The summed E-state index contributed by atoms with van der Waals surface area (Å²) in [6.45, 7) is 1.99. The Balaban J connectivity index is 2.28. The first-order valence-corrected chi connectivity index (χ1v) is 7.38. The maximum absolute atomic E-state index is 13.5. The van der Waals surface area contributed by atoms with Gasteiger partial charge in [0.15, 0.2) is 0 Å². The molecule has 0 aromatic heterocycles. The van der Waals surface area contributed by atoms with Gasteiger partial charge in [0.05, 0.1) is 11.1 Å². The minimum atomic E-state index is -0.468. The maximum Gasteiger partial charge on any atom is 0.143 e. The third-order valence-corrected chi connectivity index (χ3v) is 3.83. The van der Waals surface area contributed by atoms with Gasteiger partial charge in [0, 0.05) is 15.7 Å². The van der Waals surface area contributed by atoms with E-state index in [4.69, 9.17) is 11.6 Å². The third kappa shape index (κ3) is 3.44. The van der Waals surface area contributed by atoms with Gasteiger partial charge in [-0.05, 0) is 42.8 Å². The number of phenols is 1. The first kappa shape index (κ1) is 15.1. The van der Waals surface area contributed by atoms with Gasteiger partial charge in [0.1, 0.15) is 11.6 Å². The molecule has 2 rings (SSSR count). The second kappa shape index (κ2) is 6.46. The number of hydrogen-bond acceptors (Lipinski definition) is 2. The highest BCUT2D eigenvalue weighted by Crippen LogP contribution is 2.32. The van der Waals surface area contributed by atoms with Gasteiger partial charge in [0.2, 0.25) is 0 Å². The quantitative estimate of drug-likeness (QED) is 0.755. The van der Waals surface area contributed by atoms with Gasteiger partial charge in [-0.1, -0.05) is 34.5 Å². The van der Waals surface area contributed by atoms with Gasteiger partial charge >= 0.3 is 0 Å². The molecule has 0 aliphatic carbocycles. The van der Waals surface area contributed by atoms with Crippen LogP contribution in [0.5, 0.6) is 5.75 Å². The normalized spacial score (nSPS) is 12.2. The second-order valence-electron chi connectivity index (χ2n) is 4.44. The van der Waals surface area contributed by atoms with Crippen LogP contribution in [0.1, 0.15) is 24.9 Å². The van der Waals surface area contributed by atoms with Crippen LogP contribution in [0, 0.1) is 5.82 Å². The van der Waals surface area contributed by atoms with Crippen molar-refractivity contribution in [3.8, 4) is 5.75 Å². The van der Waals surface area contributed by atoms with Crippen molar-refractivity contribution in [1.29, 1.82) is 0 Å². The summed E-state index contributed by atoms with van der Waals surface area (Å²) in [5.74, 6) is -0.257. The van der Waals surface area contributed by atoms with Crippen LogP contribution in [-0.4, -0.2) is 5.11 Å². The van der Waals surface area contributed by atoms with Crippen LogP contribution >= 0.6 is 27.5 Å². The lowest BCUT2D eigenvalue weighted by Gasteiger charge is -2.20. The Morgan fingerprint density at radius 3 is 2.70 bits per heavy atom. The van der Waals surface area contributed by atoms with Gasteiger partial charge in [-0.15, -0.1) is 0 Å². The number of rotatable bonds is 4. The zero-order valence-corrected chi connectivity index (χ0v) is 13.2. The molecule has 2 nitrogen and oxygen atoms in total. The Morgan fingerprint density at radius 2 is 2.05 bits per heavy atom. The summed E-state index contributed by atoms with van der Waals surface area (Å²) in [6.07, 6.45) is 0.744. The molecule has 2 aromatic rings. The highest BCUT2D eigenvalue weighted by Gasteiger charge is 2.14. The summed E-state index contributed by atoms with van der Waals surface area (Å²) in [6, 6.07) is 9.70. The lowest BCUT2D eigenvalue weighted by atomic mass is 10.0. The van der Waals surface area contributed by atoms with E-state index in [0.29, 0.717) is 5.69 Å². The zero-order chi connectivity index (χ0) is 14.7. The van der Waals surface area contributed by atoms with Crippen molar-refractivity contribution in [2.45, 2.75) is 19.4 Å². The van der Waals surface area contributed by atoms with E-state index in [-0.39, 0.29) is 16.8 Å². The molecule has 0 saturated heterocycles. The van der Waals surface area contributed by atoms with Gasteiger partial charge in [-0.3, -0.25) is 0 Å². The number of aromatic hydroxyl groups is 1. The number of anilines is 1. The predicted molar refractivity (Wildman–Crippen MR) is 83.9 cm³/mol. The lowest BCUT2D eigenvalue weighted by Crippen LogP contribution is -2.10. The molecule has 0 amide bonds. The van der Waals surface area contributed by atoms with Crippen LogP contribution in [0.15, 0.2) is 40.9 Å². The molecule has 0 heterocycles. The fourth-order valence-electron chi connectivity index (χ4n) is 1.99. The van der Waals surface area contributed by atoms with Crippen molar-refractivity contribution < 1.29 is 9.50 Å². The van der Waals surface area contributed by atoms with E-state index >= 15 is 0 Å². The number of benzene rings is 2. The van der Waals surface area contributed by atoms with Crippen molar-refractivity contribution in [2.75, 3.05) is 5.32 Å². The van der Waals surface area contributed by atoms with Crippen LogP contribution in [0.25, 0.3) is 0 Å². The molecule has 106 valence electrons. The Bertz CT molecular complexity index is 621. The minimum Gasteiger partial charge on any atom is -0.508 e. The van der Waals surface area contributed by atoms with Gasteiger partial charge < -0.3 is 10.4 Å². The third-order valence-electron chi connectivity index (χ3n) is 3.03. The molecule has 2 N–H and O–H groups in total. The lowest BCUT2D eigenvalue weighted by molar-refractivity contribution is 0.462. The molecule has 0 aliphatic heterocycles. The van der Waals surface area contributed by atoms with E-state index in [2.05, 4.69) is 21.2 Å². The molecular formula is C15H14BrClFNO. The molecule has 20 heavy (non-hydrogen) atoms. The van der Waals surface area contributed by atoms with E-state index in [0.717, 1.165) is 16.5 Å². The minimum absolute atomic E-state index is 0.0916. The van der Waals surface area contributed by atoms with Gasteiger partial charge in [0.25, 0.3) is 0 Å². The SMILES string of the molecule is CCC(Nc1ccc(Cl)c(F)c1)c1cc(Br)ccc1O. The van der Waals surface area contributed by atoms with E-state index in [1.165, 1.54) is 12.1 Å². The van der Waals surface area contributed by atoms with Crippen LogP contribution in [0.2, 0.25) is 5.02 Å². The molecule has 2 aromatic carbocycles. The molecule has 0 radical (unpaired) electrons. The first-order valence-electron chi connectivity index (χ1n) is 6.21. The highest BCUT2D eigenvalue weighted by molar-refractivity contribution is 9.10. The molecule has 1 unspecified atom stereocenters. The summed E-state index contributed by atoms with van der Waals surface area (Å²) < 4.78 is 14.3. The van der Waals surface area contributed by atoms with Crippen molar-refractivity contribution in [3.05, 3.63) is 57.3 Å². The standard InChI is InChI=1S/C15H14BrClFNO/c1-2-14(11-7-9(16)3-6-15(11)20)19-10-4-5-12(17)13(18)8-10/h3-8,14,19-20H,2H2,1H3. The monoisotopic (exact) mass is 357 g/mol. The smallest absolute Gasteiger partial charge is 0.143 e. The Labute approximate surface area is 130 Å². The Kier molecular flexibility index (Phi) is 4.89. The summed E-state index contributed by atoms with van der Waals surface area (Å²) >= 11 is 9.05. The van der Waals surface area contributed by atoms with Crippen molar-refractivity contribution in [3.63, 3.8) is 0 Å². The molecule has 0 fully saturated rings. The van der Waals surface area contributed by atoms with Crippen LogP contribution in [0.3, 0.4) is 0 Å². The number of nitrogens with one attached hydrogen (secondary N) is 1. The van der Waals surface area contributed by atoms with E-state index in [1.54, 1.807) is 18.2 Å². The fraction of sp³-hybridized carbons (Fsp3) is 0.200. The number of hydrogen-bond donors (Lipinski definition) is 2. The summed E-state index contributed by atoms with van der Waals surface area (Å²) in [7, 11) is 0. The van der Waals surface area contributed by atoms with Crippen molar-refractivity contribution >= 4 is 33.2 Å². The van der Waals surface area contributed by atoms with E-state index in [1.807, 2.05) is 13.0 Å². The Morgan fingerprint density at radius 1 is 1.30 bits per heavy atom. The largest absolute Gasteiger partial charge is 0.508 e. The molecule has 0 bridgehead atoms. The average molecular weight is 359 g/mol. The first-order chi connectivity index (χ1) is 9.51. The van der Waals surface area contributed by atoms with Crippen LogP contribution < -0.4 is 5.32 Å². The van der Waals surface area contributed by atoms with E-state index in [9.17, 15) is 9.50 Å². The predicted octanol–water partition coefficient (Wildman–Crippen LogP) is 5.51. The summed E-state index contributed by atoms with van der Waals surface area (Å²) in [5.41, 5.74) is 1.38. The molecule has 0 spiro atoms. The van der Waals surface area contributed by atoms with Gasteiger partial charge in [-0.25, -0.2) is 4.39 Å². The van der Waals surface area contributed by atoms with Crippen LogP contribution in [0.4, 0.5) is 10.1 Å². The topological polar surface area (TPSA) is 32.3 Å². The summed E-state index contributed by atoms with van der Waals surface area (Å²) in [5, 5.41) is 13.3. The Hall–Kier alpha value is -1.26. The zero-order valence-electron chi connectivity index (χ0n) is 10.8. The summed E-state index contributed by atoms with van der Waals surface area (Å²) in [4.78, 5) is 0. The fourth-order valence-corrected chi connectivity index (χ4v) is 2.49. The molecule has 0 aliphatic rings.